The van der Waals surface area contributed by atoms with E-state index in [1.54, 1.807) is 12.1 Å². The quantitative estimate of drug-likeness (QED) is 0.139. The van der Waals surface area contributed by atoms with Gasteiger partial charge in [-0.3, -0.25) is 4.79 Å². The summed E-state index contributed by atoms with van der Waals surface area (Å²) in [6, 6.07) is 22.6. The Labute approximate surface area is 215 Å². The summed E-state index contributed by atoms with van der Waals surface area (Å²) in [6.07, 6.45) is 0.355. The Bertz CT molecular complexity index is 1440. The lowest BCUT2D eigenvalue weighted by atomic mass is 9.98. The first kappa shape index (κ1) is 25.7. The van der Waals surface area contributed by atoms with Gasteiger partial charge in [0.25, 0.3) is 0 Å². The summed E-state index contributed by atoms with van der Waals surface area (Å²) in [5, 5.41) is 3.24. The van der Waals surface area contributed by atoms with Gasteiger partial charge in [-0.2, -0.15) is 0 Å². The van der Waals surface area contributed by atoms with Crippen molar-refractivity contribution in [1.82, 2.24) is 5.32 Å². The number of amides is 1. The van der Waals surface area contributed by atoms with E-state index in [9.17, 15) is 14.4 Å². The fourth-order valence-electron chi connectivity index (χ4n) is 4.09. The Morgan fingerprint density at radius 2 is 1.59 bits per heavy atom. The number of esters is 1. The first-order valence-corrected chi connectivity index (χ1v) is 12.2. The summed E-state index contributed by atoms with van der Waals surface area (Å²) < 4.78 is 16.5. The molecule has 0 atom stereocenters. The molecule has 7 nitrogen and oxygen atoms in total. The number of hydrogen-bond donors (Lipinski definition) is 1. The van der Waals surface area contributed by atoms with Crippen LogP contribution in [-0.2, 0) is 22.6 Å². The molecule has 0 bridgehead atoms. The molecule has 3 aromatic carbocycles. The van der Waals surface area contributed by atoms with E-state index in [1.165, 1.54) is 0 Å². The number of aryl methyl sites for hydroxylation is 2. The number of alkyl carbamates (subject to hydrolysis) is 1. The molecule has 0 aliphatic heterocycles. The summed E-state index contributed by atoms with van der Waals surface area (Å²) >= 11 is 0. The summed E-state index contributed by atoms with van der Waals surface area (Å²) in [6.45, 7) is 4.13. The number of carbonyl (C=O) groups excluding carboxylic acids is 2. The van der Waals surface area contributed by atoms with Gasteiger partial charge in [-0.1, -0.05) is 60.7 Å². The Hall–Kier alpha value is -4.39. The number of rotatable bonds is 9. The van der Waals surface area contributed by atoms with Crippen LogP contribution in [0.3, 0.4) is 0 Å². The number of fused-ring (bicyclic) bond motifs is 1. The molecule has 1 N–H and O–H groups in total. The van der Waals surface area contributed by atoms with Gasteiger partial charge >= 0.3 is 17.7 Å². The molecule has 1 amide bonds. The number of ether oxygens (including phenoxy) is 2. The normalized spacial score (nSPS) is 10.8. The molecule has 7 heteroatoms. The van der Waals surface area contributed by atoms with Gasteiger partial charge in [0.05, 0.1) is 5.39 Å². The third-order valence-corrected chi connectivity index (χ3v) is 5.97. The van der Waals surface area contributed by atoms with Gasteiger partial charge in [-0.05, 0) is 54.7 Å². The maximum atomic E-state index is 12.7. The zero-order valence-electron chi connectivity index (χ0n) is 20.9. The van der Waals surface area contributed by atoms with Crippen molar-refractivity contribution < 1.29 is 23.5 Å². The van der Waals surface area contributed by atoms with Crippen LogP contribution >= 0.6 is 0 Å². The highest BCUT2D eigenvalue weighted by Gasteiger charge is 2.18. The standard InChI is InChI=1S/C30H29NO6/c1-20-16-25(36-27(32)14-9-15-31-30(34)35-19-23-12-7-4-8-13-23)28-21(2)24(29(33)37-26(28)17-20)18-22-10-5-3-6-11-22/h3-8,10-13,16-17H,9,14-15,18-19H2,1-2H3,(H,31,34). The van der Waals surface area contributed by atoms with Crippen LogP contribution in [0.4, 0.5) is 4.79 Å². The lowest BCUT2D eigenvalue weighted by Gasteiger charge is -2.13. The van der Waals surface area contributed by atoms with Crippen LogP contribution in [0.25, 0.3) is 11.0 Å². The molecular weight excluding hydrogens is 470 g/mol. The monoisotopic (exact) mass is 499 g/mol. The first-order chi connectivity index (χ1) is 17.9. The van der Waals surface area contributed by atoms with Crippen molar-refractivity contribution in [2.45, 2.75) is 39.7 Å². The van der Waals surface area contributed by atoms with Crippen molar-refractivity contribution in [2.24, 2.45) is 0 Å². The van der Waals surface area contributed by atoms with E-state index >= 15 is 0 Å². The zero-order valence-corrected chi connectivity index (χ0v) is 20.9. The molecule has 0 radical (unpaired) electrons. The van der Waals surface area contributed by atoms with E-state index in [0.717, 1.165) is 22.3 Å². The highest BCUT2D eigenvalue weighted by Crippen LogP contribution is 2.32. The largest absolute Gasteiger partial charge is 0.445 e. The van der Waals surface area contributed by atoms with Gasteiger partial charge in [-0.15, -0.1) is 0 Å². The number of benzene rings is 3. The van der Waals surface area contributed by atoms with Gasteiger partial charge in [0, 0.05) is 24.9 Å². The molecule has 37 heavy (non-hydrogen) atoms. The molecule has 1 heterocycles. The second kappa shape index (κ2) is 12.0. The Balaban J connectivity index is 1.38. The minimum Gasteiger partial charge on any atom is -0.445 e. The molecule has 4 aromatic rings. The molecule has 0 saturated carbocycles. The van der Waals surface area contributed by atoms with Crippen LogP contribution in [-0.4, -0.2) is 18.6 Å². The van der Waals surface area contributed by atoms with Gasteiger partial charge < -0.3 is 19.2 Å². The average Bonchev–Trinajstić information content (AvgIpc) is 2.88. The van der Waals surface area contributed by atoms with Crippen LogP contribution in [0.15, 0.2) is 82.0 Å². The summed E-state index contributed by atoms with van der Waals surface area (Å²) in [5.41, 5.74) is 3.91. The van der Waals surface area contributed by atoms with Crippen LogP contribution in [0.1, 0.15) is 40.7 Å². The fraction of sp³-hybridized carbons (Fsp3) is 0.233. The summed E-state index contributed by atoms with van der Waals surface area (Å²) in [5.74, 6) is -0.0904. The average molecular weight is 500 g/mol. The second-order valence-corrected chi connectivity index (χ2v) is 8.86. The number of hydrogen-bond acceptors (Lipinski definition) is 6. The number of nitrogens with one attached hydrogen (secondary N) is 1. The first-order valence-electron chi connectivity index (χ1n) is 12.2. The molecule has 1 aromatic heterocycles. The fourth-order valence-corrected chi connectivity index (χ4v) is 4.09. The molecule has 0 aliphatic carbocycles. The van der Waals surface area contributed by atoms with E-state index < -0.39 is 17.7 Å². The van der Waals surface area contributed by atoms with Crippen LogP contribution in [0.5, 0.6) is 5.75 Å². The van der Waals surface area contributed by atoms with E-state index in [2.05, 4.69) is 5.32 Å². The smallest absolute Gasteiger partial charge is 0.407 e. The van der Waals surface area contributed by atoms with Crippen LogP contribution in [0, 0.1) is 13.8 Å². The maximum Gasteiger partial charge on any atom is 0.407 e. The SMILES string of the molecule is Cc1cc(OC(=O)CCCNC(=O)OCc2ccccc2)c2c(C)c(Cc3ccccc3)c(=O)oc2c1. The summed E-state index contributed by atoms with van der Waals surface area (Å²) in [7, 11) is 0. The van der Waals surface area contributed by atoms with Gasteiger partial charge in [0.15, 0.2) is 0 Å². The third-order valence-electron chi connectivity index (χ3n) is 5.97. The second-order valence-electron chi connectivity index (χ2n) is 8.86. The highest BCUT2D eigenvalue weighted by molar-refractivity contribution is 5.90. The van der Waals surface area contributed by atoms with Gasteiger partial charge in [-0.25, -0.2) is 9.59 Å². The van der Waals surface area contributed by atoms with E-state index in [4.69, 9.17) is 13.9 Å². The molecule has 0 saturated heterocycles. The molecular formula is C30H29NO6. The Kier molecular flexibility index (Phi) is 8.36. The minimum absolute atomic E-state index is 0.0983. The molecule has 190 valence electrons. The topological polar surface area (TPSA) is 94.8 Å². The lowest BCUT2D eigenvalue weighted by molar-refractivity contribution is -0.134. The highest BCUT2D eigenvalue weighted by atomic mass is 16.5. The lowest BCUT2D eigenvalue weighted by Crippen LogP contribution is -2.26. The van der Waals surface area contributed by atoms with Crippen LogP contribution < -0.4 is 15.7 Å². The summed E-state index contributed by atoms with van der Waals surface area (Å²) in [4.78, 5) is 37.2. The van der Waals surface area contributed by atoms with E-state index in [-0.39, 0.29) is 19.6 Å². The molecule has 4 rings (SSSR count). The minimum atomic E-state index is -0.543. The van der Waals surface area contributed by atoms with Crippen molar-refractivity contribution in [1.29, 1.82) is 0 Å². The molecule has 0 spiro atoms. The molecule has 0 fully saturated rings. The Morgan fingerprint density at radius 3 is 2.30 bits per heavy atom. The van der Waals surface area contributed by atoms with Crippen molar-refractivity contribution in [3.05, 3.63) is 111 Å². The predicted octanol–water partition coefficient (Wildman–Crippen LogP) is 5.61. The molecule has 0 unspecified atom stereocenters. The van der Waals surface area contributed by atoms with E-state index in [0.29, 0.717) is 35.1 Å². The molecule has 0 aliphatic rings. The van der Waals surface area contributed by atoms with Crippen LogP contribution in [0.2, 0.25) is 0 Å². The van der Waals surface area contributed by atoms with Gasteiger partial charge in [0.1, 0.15) is 17.9 Å². The maximum absolute atomic E-state index is 12.7. The van der Waals surface area contributed by atoms with Crippen molar-refractivity contribution in [2.75, 3.05) is 6.54 Å². The number of carbonyl (C=O) groups is 2. The predicted molar refractivity (Wildman–Crippen MR) is 141 cm³/mol. The third kappa shape index (κ3) is 6.85. The van der Waals surface area contributed by atoms with Crippen molar-refractivity contribution >= 4 is 23.0 Å². The Morgan fingerprint density at radius 1 is 0.919 bits per heavy atom. The van der Waals surface area contributed by atoms with Crippen molar-refractivity contribution in [3.8, 4) is 5.75 Å². The van der Waals surface area contributed by atoms with Gasteiger partial charge in [0.2, 0.25) is 0 Å². The zero-order chi connectivity index (χ0) is 26.2. The van der Waals surface area contributed by atoms with E-state index in [1.807, 2.05) is 74.5 Å². The van der Waals surface area contributed by atoms with Crippen molar-refractivity contribution in [3.63, 3.8) is 0 Å².